The molecular formula is C22H17F4N3O5S3. The van der Waals surface area contributed by atoms with Gasteiger partial charge in [0, 0.05) is 17.8 Å². The quantitative estimate of drug-likeness (QED) is 0.238. The van der Waals surface area contributed by atoms with Gasteiger partial charge >= 0.3 is 12.1 Å². The van der Waals surface area contributed by atoms with Crippen LogP contribution in [0, 0.1) is 5.82 Å². The smallest absolute Gasteiger partial charge is 0.419 e. The lowest BCUT2D eigenvalue weighted by Crippen LogP contribution is -2.40. The summed E-state index contributed by atoms with van der Waals surface area (Å²) in [7, 11) is 0. The van der Waals surface area contributed by atoms with E-state index in [1.54, 1.807) is 11.4 Å². The molecule has 0 saturated carbocycles. The van der Waals surface area contributed by atoms with Gasteiger partial charge in [0.25, 0.3) is 5.91 Å². The molecule has 1 fully saturated rings. The lowest BCUT2D eigenvalue weighted by atomic mass is 10.0. The van der Waals surface area contributed by atoms with E-state index >= 15 is 0 Å². The number of nitrogens with one attached hydrogen (secondary N) is 2. The highest BCUT2D eigenvalue weighted by atomic mass is 32.2. The summed E-state index contributed by atoms with van der Waals surface area (Å²) in [5, 5.41) is 14.5. The Hall–Kier alpha value is -3.30. The molecule has 0 spiro atoms. The van der Waals surface area contributed by atoms with Crippen LogP contribution in [0.2, 0.25) is 0 Å². The first-order chi connectivity index (χ1) is 17.3. The Kier molecular flexibility index (Phi) is 9.04. The fourth-order valence-corrected chi connectivity index (χ4v) is 5.26. The average Bonchev–Trinajstić information content (AvgIpc) is 3.38. The Balaban J connectivity index is 1.60. The molecule has 8 nitrogen and oxygen atoms in total. The first-order valence-corrected chi connectivity index (χ1v) is 12.4. The van der Waals surface area contributed by atoms with Crippen LogP contribution in [0.3, 0.4) is 0 Å². The zero-order chi connectivity index (χ0) is 27.3. The van der Waals surface area contributed by atoms with Gasteiger partial charge in [-0.25, -0.2) is 4.39 Å². The lowest BCUT2D eigenvalue weighted by molar-refractivity contribution is -0.140. The number of rotatable bonds is 9. The zero-order valence-corrected chi connectivity index (χ0v) is 21.0. The van der Waals surface area contributed by atoms with Crippen LogP contribution in [0.25, 0.3) is 17.2 Å². The zero-order valence-electron chi connectivity index (χ0n) is 18.6. The third kappa shape index (κ3) is 7.60. The van der Waals surface area contributed by atoms with Crippen molar-refractivity contribution in [3.05, 3.63) is 50.8 Å². The third-order valence-corrected chi connectivity index (χ3v) is 7.07. The van der Waals surface area contributed by atoms with E-state index in [0.29, 0.717) is 10.4 Å². The molecule has 15 heteroatoms. The minimum absolute atomic E-state index is 0.0595. The van der Waals surface area contributed by atoms with Gasteiger partial charge in [0.15, 0.2) is 0 Å². The number of thiocarbonyl (C=S) groups is 1. The Morgan fingerprint density at radius 2 is 1.78 bits per heavy atom. The van der Waals surface area contributed by atoms with Crippen molar-refractivity contribution >= 4 is 69.4 Å². The standard InChI is InChI=1S/C22H17F4N3O5S3/c23-15-2-1-11(6-14(15)22(24,25)26)12-5-13(36-10-12)7-16-20(34)29(21(35)37-16)4-3-17(30)27-8-18(31)28-9-19(32)33/h1-2,5-7,10H,3-4,8-9H2,(H,27,30)(H,28,31)(H,32,33). The molecule has 1 aliphatic rings. The average molecular weight is 576 g/mol. The maximum atomic E-state index is 13.6. The number of thioether (sulfide) groups is 1. The van der Waals surface area contributed by atoms with Crippen LogP contribution in [0.15, 0.2) is 34.6 Å². The Bertz CT molecular complexity index is 1290. The Morgan fingerprint density at radius 1 is 1.08 bits per heavy atom. The van der Waals surface area contributed by atoms with Crippen molar-refractivity contribution in [2.75, 3.05) is 19.6 Å². The van der Waals surface area contributed by atoms with E-state index in [1.165, 1.54) is 28.4 Å². The Morgan fingerprint density at radius 3 is 2.46 bits per heavy atom. The minimum atomic E-state index is -4.84. The van der Waals surface area contributed by atoms with Crippen molar-refractivity contribution in [3.63, 3.8) is 0 Å². The number of alkyl halides is 3. The molecule has 3 N–H and O–H groups in total. The van der Waals surface area contributed by atoms with Gasteiger partial charge < -0.3 is 15.7 Å². The highest BCUT2D eigenvalue weighted by Crippen LogP contribution is 2.37. The molecule has 196 valence electrons. The number of halogens is 4. The van der Waals surface area contributed by atoms with Crippen molar-refractivity contribution in [3.8, 4) is 11.1 Å². The number of amides is 3. The fraction of sp³-hybridized carbons (Fsp3) is 0.227. The van der Waals surface area contributed by atoms with Gasteiger partial charge in [-0.15, -0.1) is 11.3 Å². The summed E-state index contributed by atoms with van der Waals surface area (Å²) in [6.45, 7) is -1.07. The fourth-order valence-electron chi connectivity index (χ4n) is 3.04. The first kappa shape index (κ1) is 28.3. The lowest BCUT2D eigenvalue weighted by Gasteiger charge is -2.14. The summed E-state index contributed by atoms with van der Waals surface area (Å²) in [5.41, 5.74) is -0.787. The van der Waals surface area contributed by atoms with Crippen LogP contribution in [0.1, 0.15) is 16.9 Å². The van der Waals surface area contributed by atoms with Crippen molar-refractivity contribution in [2.24, 2.45) is 0 Å². The molecular weight excluding hydrogens is 558 g/mol. The number of thiophene rings is 1. The summed E-state index contributed by atoms with van der Waals surface area (Å²) in [5.74, 6) is -4.30. The van der Waals surface area contributed by atoms with Crippen molar-refractivity contribution < 1.29 is 41.8 Å². The topological polar surface area (TPSA) is 116 Å². The van der Waals surface area contributed by atoms with Crippen LogP contribution >= 0.6 is 35.3 Å². The van der Waals surface area contributed by atoms with Crippen molar-refractivity contribution in [2.45, 2.75) is 12.6 Å². The molecule has 0 bridgehead atoms. The maximum Gasteiger partial charge on any atom is 0.419 e. The van der Waals surface area contributed by atoms with Crippen LogP contribution in [-0.2, 0) is 25.4 Å². The molecule has 2 aromatic rings. The normalized spacial score (nSPS) is 14.8. The van der Waals surface area contributed by atoms with E-state index in [9.17, 15) is 36.7 Å². The number of nitrogens with zero attached hydrogens (tertiary/aromatic N) is 1. The molecule has 0 unspecified atom stereocenters. The van der Waals surface area contributed by atoms with E-state index in [2.05, 4.69) is 10.6 Å². The van der Waals surface area contributed by atoms with Gasteiger partial charge in [0.05, 0.1) is 17.0 Å². The summed E-state index contributed by atoms with van der Waals surface area (Å²) < 4.78 is 52.8. The van der Waals surface area contributed by atoms with E-state index in [4.69, 9.17) is 17.3 Å². The number of carboxylic acid groups (broad SMARTS) is 1. The van der Waals surface area contributed by atoms with Gasteiger partial charge in [-0.1, -0.05) is 30.0 Å². The second kappa shape index (κ2) is 11.8. The molecule has 0 atom stereocenters. The number of benzene rings is 1. The van der Waals surface area contributed by atoms with E-state index in [-0.39, 0.29) is 27.8 Å². The third-order valence-electron chi connectivity index (χ3n) is 4.82. The van der Waals surface area contributed by atoms with Gasteiger partial charge in [0.2, 0.25) is 11.8 Å². The molecule has 3 rings (SSSR count). The Labute approximate surface area is 220 Å². The van der Waals surface area contributed by atoms with Crippen LogP contribution in [0.4, 0.5) is 17.6 Å². The molecule has 0 radical (unpaired) electrons. The van der Waals surface area contributed by atoms with Gasteiger partial charge in [0.1, 0.15) is 16.7 Å². The number of carbonyl (C=O) groups is 4. The molecule has 1 aliphatic heterocycles. The molecule has 2 heterocycles. The largest absolute Gasteiger partial charge is 0.480 e. The van der Waals surface area contributed by atoms with Gasteiger partial charge in [-0.2, -0.15) is 13.2 Å². The molecule has 1 aromatic heterocycles. The van der Waals surface area contributed by atoms with E-state index < -0.39 is 54.3 Å². The molecule has 0 aliphatic carbocycles. The summed E-state index contributed by atoms with van der Waals surface area (Å²) in [4.78, 5) is 48.6. The molecule has 1 saturated heterocycles. The van der Waals surface area contributed by atoms with Crippen LogP contribution in [-0.4, -0.2) is 57.7 Å². The predicted molar refractivity (Wildman–Crippen MR) is 133 cm³/mol. The number of carbonyl (C=O) groups excluding carboxylic acids is 3. The van der Waals surface area contributed by atoms with E-state index in [0.717, 1.165) is 23.9 Å². The van der Waals surface area contributed by atoms with Gasteiger partial charge in [-0.05, 0) is 40.8 Å². The number of hydrogen-bond acceptors (Lipinski definition) is 7. The number of aliphatic carboxylic acids is 1. The summed E-state index contributed by atoms with van der Waals surface area (Å²) in [6, 6.07) is 4.27. The molecule has 37 heavy (non-hydrogen) atoms. The van der Waals surface area contributed by atoms with Crippen LogP contribution in [0.5, 0.6) is 0 Å². The van der Waals surface area contributed by atoms with Crippen molar-refractivity contribution in [1.82, 2.24) is 15.5 Å². The van der Waals surface area contributed by atoms with E-state index in [1.807, 2.05) is 0 Å². The summed E-state index contributed by atoms with van der Waals surface area (Å²) in [6.07, 6.45) is -3.48. The second-order valence-corrected chi connectivity index (χ2v) is 10.1. The van der Waals surface area contributed by atoms with Crippen LogP contribution < -0.4 is 10.6 Å². The first-order valence-electron chi connectivity index (χ1n) is 10.3. The SMILES string of the molecule is O=C(O)CNC(=O)CNC(=O)CCN1C(=O)C(=Cc2cc(-c3ccc(F)c(C(F)(F)F)c3)cs2)SC1=S. The highest BCUT2D eigenvalue weighted by molar-refractivity contribution is 8.26. The van der Waals surface area contributed by atoms with Crippen molar-refractivity contribution in [1.29, 1.82) is 0 Å². The second-order valence-electron chi connectivity index (χ2n) is 7.46. The molecule has 3 amide bonds. The monoisotopic (exact) mass is 575 g/mol. The minimum Gasteiger partial charge on any atom is -0.480 e. The maximum absolute atomic E-state index is 13.6. The number of hydrogen-bond donors (Lipinski definition) is 3. The summed E-state index contributed by atoms with van der Waals surface area (Å²) >= 11 is 7.37. The number of carboxylic acids is 1. The molecule has 1 aromatic carbocycles. The predicted octanol–water partition coefficient (Wildman–Crippen LogP) is 3.48. The van der Waals surface area contributed by atoms with Gasteiger partial charge in [-0.3, -0.25) is 24.1 Å². The highest BCUT2D eigenvalue weighted by Gasteiger charge is 2.34.